The molecule has 3 rings (SSSR count). The third-order valence-electron chi connectivity index (χ3n) is 2.66. The zero-order valence-electron chi connectivity index (χ0n) is 6.19. The molecule has 3 aliphatic rings. The maximum absolute atomic E-state index is 11.2. The second kappa shape index (κ2) is 1.77. The van der Waals surface area contributed by atoms with E-state index in [4.69, 9.17) is 4.74 Å². The quantitative estimate of drug-likeness (QED) is 0.291. The lowest BCUT2D eigenvalue weighted by Gasteiger charge is -2.10. The van der Waals surface area contributed by atoms with Crippen LogP contribution in [0.1, 0.15) is 0 Å². The van der Waals surface area contributed by atoms with Crippen molar-refractivity contribution >= 4 is 11.8 Å². The van der Waals surface area contributed by atoms with Crippen LogP contribution in [0.4, 0.5) is 0 Å². The Hall–Kier alpha value is -1.16. The van der Waals surface area contributed by atoms with Crippen molar-refractivity contribution in [2.24, 2.45) is 11.8 Å². The number of imide groups is 1. The summed E-state index contributed by atoms with van der Waals surface area (Å²) in [4.78, 5) is 22.4. The molecule has 2 amide bonds. The number of epoxide rings is 1. The van der Waals surface area contributed by atoms with Gasteiger partial charge in [0.1, 0.15) is 12.2 Å². The van der Waals surface area contributed by atoms with Crippen LogP contribution < -0.4 is 5.32 Å². The molecule has 4 unspecified atom stereocenters. The Kier molecular flexibility index (Phi) is 0.939. The first kappa shape index (κ1) is 6.37. The van der Waals surface area contributed by atoms with Gasteiger partial charge in [-0.25, -0.2) is 0 Å². The van der Waals surface area contributed by atoms with E-state index in [1.54, 1.807) is 6.08 Å². The fourth-order valence-corrected chi connectivity index (χ4v) is 1.98. The molecule has 0 saturated carbocycles. The molecule has 0 spiro atoms. The van der Waals surface area contributed by atoms with Crippen molar-refractivity contribution in [1.29, 1.82) is 0 Å². The van der Waals surface area contributed by atoms with Crippen LogP contribution in [-0.2, 0) is 14.3 Å². The van der Waals surface area contributed by atoms with Gasteiger partial charge in [-0.15, -0.1) is 0 Å². The monoisotopic (exact) mass is 165 g/mol. The Labute approximate surface area is 68.6 Å². The van der Waals surface area contributed by atoms with Crippen molar-refractivity contribution in [1.82, 2.24) is 5.32 Å². The molecule has 0 aromatic heterocycles. The van der Waals surface area contributed by atoms with Gasteiger partial charge in [-0.1, -0.05) is 12.2 Å². The predicted molar refractivity (Wildman–Crippen MR) is 37.9 cm³/mol. The Balaban J connectivity index is 2.03. The molecular weight excluding hydrogens is 158 g/mol. The number of hydrogen-bond donors (Lipinski definition) is 1. The molecule has 2 heterocycles. The summed E-state index contributed by atoms with van der Waals surface area (Å²) < 4.78 is 5.21. The fourth-order valence-electron chi connectivity index (χ4n) is 1.98. The number of nitrogens with one attached hydrogen (secondary N) is 1. The summed E-state index contributed by atoms with van der Waals surface area (Å²) in [5.41, 5.74) is 0. The molecule has 2 fully saturated rings. The number of fused-ring (bicyclic) bond motifs is 3. The van der Waals surface area contributed by atoms with Crippen LogP contribution in [0, 0.1) is 11.8 Å². The van der Waals surface area contributed by atoms with Crippen molar-refractivity contribution in [3.05, 3.63) is 12.2 Å². The van der Waals surface area contributed by atoms with Gasteiger partial charge in [0.25, 0.3) is 0 Å². The van der Waals surface area contributed by atoms with Gasteiger partial charge in [0.15, 0.2) is 0 Å². The van der Waals surface area contributed by atoms with E-state index < -0.39 is 0 Å². The fraction of sp³-hybridized carbons (Fsp3) is 0.500. The van der Waals surface area contributed by atoms with Crippen molar-refractivity contribution in [2.45, 2.75) is 12.2 Å². The van der Waals surface area contributed by atoms with Crippen molar-refractivity contribution in [3.8, 4) is 0 Å². The van der Waals surface area contributed by atoms with E-state index in [0.29, 0.717) is 0 Å². The van der Waals surface area contributed by atoms with Crippen LogP contribution in [0.2, 0.25) is 0 Å². The summed E-state index contributed by atoms with van der Waals surface area (Å²) in [6, 6.07) is 0. The Bertz CT molecular complexity index is 309. The van der Waals surface area contributed by atoms with Crippen LogP contribution in [0.15, 0.2) is 12.2 Å². The molecule has 4 heteroatoms. The minimum Gasteiger partial charge on any atom is -0.364 e. The maximum atomic E-state index is 11.2. The second-order valence-electron chi connectivity index (χ2n) is 3.36. The number of amides is 2. The minimum absolute atomic E-state index is 0.0357. The molecule has 4 nitrogen and oxygen atoms in total. The van der Waals surface area contributed by atoms with Crippen molar-refractivity contribution < 1.29 is 14.3 Å². The third-order valence-corrected chi connectivity index (χ3v) is 2.66. The van der Waals surface area contributed by atoms with Gasteiger partial charge in [-0.05, 0) is 0 Å². The molecule has 2 aliphatic heterocycles. The highest BCUT2D eigenvalue weighted by atomic mass is 16.6. The van der Waals surface area contributed by atoms with Crippen LogP contribution in [0.25, 0.3) is 0 Å². The number of carbonyl (C=O) groups is 2. The van der Waals surface area contributed by atoms with Gasteiger partial charge >= 0.3 is 0 Å². The van der Waals surface area contributed by atoms with E-state index in [1.165, 1.54) is 0 Å². The zero-order valence-corrected chi connectivity index (χ0v) is 6.19. The van der Waals surface area contributed by atoms with Crippen LogP contribution in [0.3, 0.4) is 0 Å². The molecule has 62 valence electrons. The highest BCUT2D eigenvalue weighted by molar-refractivity contribution is 6.06. The molecular formula is C8H7NO3. The number of hydrogen-bond acceptors (Lipinski definition) is 3. The van der Waals surface area contributed by atoms with E-state index in [1.807, 2.05) is 6.08 Å². The molecule has 12 heavy (non-hydrogen) atoms. The van der Waals surface area contributed by atoms with Gasteiger partial charge in [0.05, 0.1) is 11.8 Å². The minimum atomic E-state index is -0.277. The summed E-state index contributed by atoms with van der Waals surface area (Å²) >= 11 is 0. The molecule has 1 N–H and O–H groups in total. The summed E-state index contributed by atoms with van der Waals surface area (Å²) in [6.07, 6.45) is 3.69. The van der Waals surface area contributed by atoms with Crippen LogP contribution in [-0.4, -0.2) is 24.0 Å². The Morgan fingerprint density at radius 3 is 2.92 bits per heavy atom. The molecule has 1 aliphatic carbocycles. The van der Waals surface area contributed by atoms with E-state index >= 15 is 0 Å². The highest BCUT2D eigenvalue weighted by Gasteiger charge is 2.57. The normalized spacial score (nSPS) is 48.3. The standard InChI is InChI=1S/C8H7NO3/c10-7-3-1-2-4-6(12-4)5(3)8(11)9-7/h1-6H,(H,9,10,11). The highest BCUT2D eigenvalue weighted by Crippen LogP contribution is 2.41. The van der Waals surface area contributed by atoms with Gasteiger partial charge in [0.2, 0.25) is 11.8 Å². The number of ether oxygens (including phenoxy) is 1. The molecule has 0 aromatic carbocycles. The maximum Gasteiger partial charge on any atom is 0.234 e. The lowest BCUT2D eigenvalue weighted by molar-refractivity contribution is -0.126. The summed E-state index contributed by atoms with van der Waals surface area (Å²) in [5, 5.41) is 2.31. The molecule has 4 atom stereocenters. The van der Waals surface area contributed by atoms with E-state index in [9.17, 15) is 9.59 Å². The third kappa shape index (κ3) is 0.610. The summed E-state index contributed by atoms with van der Waals surface area (Å²) in [6.45, 7) is 0. The largest absolute Gasteiger partial charge is 0.364 e. The first-order chi connectivity index (χ1) is 5.77. The zero-order chi connectivity index (χ0) is 8.29. The molecule has 0 aromatic rings. The van der Waals surface area contributed by atoms with Gasteiger partial charge in [-0.2, -0.15) is 0 Å². The Morgan fingerprint density at radius 2 is 2.08 bits per heavy atom. The molecule has 2 saturated heterocycles. The lowest BCUT2D eigenvalue weighted by atomic mass is 9.86. The summed E-state index contributed by atoms with van der Waals surface area (Å²) in [5.74, 6) is -0.897. The average Bonchev–Trinajstić information content (AvgIpc) is 2.74. The van der Waals surface area contributed by atoms with Crippen LogP contribution >= 0.6 is 0 Å². The average molecular weight is 165 g/mol. The molecule has 0 bridgehead atoms. The number of rotatable bonds is 0. The first-order valence-corrected chi connectivity index (χ1v) is 3.96. The molecule has 0 radical (unpaired) electrons. The van der Waals surface area contributed by atoms with Crippen LogP contribution in [0.5, 0.6) is 0 Å². The van der Waals surface area contributed by atoms with Crippen molar-refractivity contribution in [2.75, 3.05) is 0 Å². The Morgan fingerprint density at radius 1 is 1.25 bits per heavy atom. The topological polar surface area (TPSA) is 58.7 Å². The van der Waals surface area contributed by atoms with Gasteiger partial charge < -0.3 is 4.74 Å². The first-order valence-electron chi connectivity index (χ1n) is 3.96. The smallest absolute Gasteiger partial charge is 0.234 e. The second-order valence-corrected chi connectivity index (χ2v) is 3.36. The van der Waals surface area contributed by atoms with Crippen molar-refractivity contribution in [3.63, 3.8) is 0 Å². The van der Waals surface area contributed by atoms with E-state index in [0.717, 1.165) is 0 Å². The van der Waals surface area contributed by atoms with E-state index in [2.05, 4.69) is 5.32 Å². The van der Waals surface area contributed by atoms with Gasteiger partial charge in [-0.3, -0.25) is 14.9 Å². The lowest BCUT2D eigenvalue weighted by Crippen LogP contribution is -2.26. The van der Waals surface area contributed by atoms with Gasteiger partial charge in [0, 0.05) is 0 Å². The number of carbonyl (C=O) groups excluding carboxylic acids is 2. The summed E-state index contributed by atoms with van der Waals surface area (Å²) in [7, 11) is 0. The predicted octanol–water partition coefficient (Wildman–Crippen LogP) is -0.788. The van der Waals surface area contributed by atoms with E-state index in [-0.39, 0.29) is 35.9 Å². The SMILES string of the molecule is O=C1NC(=O)C2C1C=CC1OC12.